The lowest BCUT2D eigenvalue weighted by Crippen LogP contribution is -2.43. The van der Waals surface area contributed by atoms with E-state index in [1.165, 1.54) is 12.1 Å². The van der Waals surface area contributed by atoms with Crippen LogP contribution in [0, 0.1) is 0 Å². The summed E-state index contributed by atoms with van der Waals surface area (Å²) in [7, 11) is 0. The predicted octanol–water partition coefficient (Wildman–Crippen LogP) is 1.58. The maximum absolute atomic E-state index is 12.7. The van der Waals surface area contributed by atoms with Gasteiger partial charge in [0.05, 0.1) is 12.2 Å². The van der Waals surface area contributed by atoms with Crippen LogP contribution in [-0.2, 0) is 19.1 Å². The van der Waals surface area contributed by atoms with Crippen LogP contribution in [-0.4, -0.2) is 52.8 Å². The van der Waals surface area contributed by atoms with E-state index in [4.69, 9.17) is 5.11 Å². The molecule has 148 valence electrons. The number of carboxylic acid groups (broad SMARTS) is 1. The third kappa shape index (κ3) is 3.98. The maximum Gasteiger partial charge on any atom is 0.330 e. The van der Waals surface area contributed by atoms with Gasteiger partial charge in [0.25, 0.3) is 11.8 Å². The summed E-state index contributed by atoms with van der Waals surface area (Å²) in [5.74, 6) is -4.07. The Morgan fingerprint density at radius 3 is 2.52 bits per heavy atom. The molecule has 1 aliphatic heterocycles. The Bertz CT molecular complexity index is 1090. The molecule has 9 heteroatoms. The molecule has 0 spiro atoms. The van der Waals surface area contributed by atoms with Gasteiger partial charge in [-0.25, -0.2) is 4.79 Å². The molecule has 2 aromatic carbocycles. The van der Waals surface area contributed by atoms with Crippen LogP contribution in [0.25, 0.3) is 10.8 Å². The summed E-state index contributed by atoms with van der Waals surface area (Å²) in [5, 5.41) is 12.5. The number of ether oxygens (including phenoxy) is 1. The molecule has 0 bridgehead atoms. The number of carbonyl (C=O) groups is 5. The van der Waals surface area contributed by atoms with Crippen molar-refractivity contribution < 1.29 is 33.8 Å². The largest absolute Gasteiger partial charge is 0.480 e. The van der Waals surface area contributed by atoms with E-state index in [9.17, 15) is 24.0 Å². The number of rotatable bonds is 6. The highest BCUT2D eigenvalue weighted by atomic mass is 16.5. The molecule has 0 fully saturated rings. The van der Waals surface area contributed by atoms with Gasteiger partial charge in [0.2, 0.25) is 5.91 Å². The Morgan fingerprint density at radius 2 is 1.83 bits per heavy atom. The lowest BCUT2D eigenvalue weighted by Gasteiger charge is -2.26. The molecule has 0 aromatic heterocycles. The predicted molar refractivity (Wildman–Crippen MR) is 101 cm³/mol. The van der Waals surface area contributed by atoms with E-state index in [1.807, 2.05) is 0 Å². The molecular weight excluding hydrogens is 380 g/mol. The molecule has 29 heavy (non-hydrogen) atoms. The molecule has 3 rings (SSSR count). The van der Waals surface area contributed by atoms with Crippen LogP contribution in [0.15, 0.2) is 42.5 Å². The van der Waals surface area contributed by atoms with Crippen LogP contribution < -0.4 is 5.32 Å². The van der Waals surface area contributed by atoms with Crippen molar-refractivity contribution in [2.45, 2.75) is 6.92 Å². The van der Waals surface area contributed by atoms with Gasteiger partial charge < -0.3 is 15.2 Å². The first kappa shape index (κ1) is 19.7. The molecule has 3 amide bonds. The molecule has 0 saturated carbocycles. The molecule has 9 nitrogen and oxygen atoms in total. The van der Waals surface area contributed by atoms with Crippen molar-refractivity contribution in [3.8, 4) is 0 Å². The van der Waals surface area contributed by atoms with Crippen LogP contribution in [0.5, 0.6) is 0 Å². The number of carboxylic acids is 1. The average Bonchev–Trinajstić information content (AvgIpc) is 2.67. The maximum atomic E-state index is 12.7. The summed E-state index contributed by atoms with van der Waals surface area (Å²) >= 11 is 0. The summed E-state index contributed by atoms with van der Waals surface area (Å²) in [4.78, 5) is 60.3. The second-order valence-corrected chi connectivity index (χ2v) is 6.09. The average molecular weight is 396 g/mol. The number of carbonyl (C=O) groups excluding carboxylic acids is 4. The fraction of sp³-hybridized carbons (Fsp3) is 0.150. The van der Waals surface area contributed by atoms with Gasteiger partial charge in [-0.2, -0.15) is 0 Å². The molecule has 0 aliphatic carbocycles. The Labute approximate surface area is 164 Å². The minimum absolute atomic E-state index is 0.101. The van der Waals surface area contributed by atoms with E-state index in [-0.39, 0.29) is 23.4 Å². The topological polar surface area (TPSA) is 130 Å². The molecule has 0 saturated heterocycles. The fourth-order valence-corrected chi connectivity index (χ4v) is 3.03. The first-order valence-corrected chi connectivity index (χ1v) is 8.62. The van der Waals surface area contributed by atoms with Crippen LogP contribution in [0.2, 0.25) is 0 Å². The van der Waals surface area contributed by atoms with E-state index in [2.05, 4.69) is 10.1 Å². The standard InChI is InChI=1S/C20H16N2O7/c1-2-29-17(26)7-6-15(23)21-12-8-11-4-3-5-13-18(11)14(9-12)20(28)22(19(13)27)10-16(24)25/h3-9H,2,10H2,1H3,(H,21,23)(H,24,25)/b7-6+. The van der Waals surface area contributed by atoms with Crippen molar-refractivity contribution in [1.29, 1.82) is 0 Å². The second-order valence-electron chi connectivity index (χ2n) is 6.09. The lowest BCUT2D eigenvalue weighted by molar-refractivity contribution is -0.138. The first-order valence-electron chi connectivity index (χ1n) is 8.62. The zero-order valence-corrected chi connectivity index (χ0v) is 15.3. The number of anilines is 1. The summed E-state index contributed by atoms with van der Waals surface area (Å²) in [6, 6.07) is 7.72. The van der Waals surface area contributed by atoms with Gasteiger partial charge in [0.15, 0.2) is 0 Å². The number of imide groups is 1. The Kier molecular flexibility index (Phi) is 5.40. The molecule has 2 aromatic rings. The zero-order valence-electron chi connectivity index (χ0n) is 15.3. The number of aliphatic carboxylic acids is 1. The van der Waals surface area contributed by atoms with Gasteiger partial charge in [-0.15, -0.1) is 0 Å². The molecular formula is C20H16N2O7. The second kappa shape index (κ2) is 7.93. The SMILES string of the molecule is CCOC(=O)/C=C/C(=O)Nc1cc2c3c(cccc3c1)C(=O)N(CC(=O)O)C2=O. The molecule has 0 atom stereocenters. The van der Waals surface area contributed by atoms with E-state index < -0.39 is 36.2 Å². The number of hydrogen-bond donors (Lipinski definition) is 2. The Hall–Kier alpha value is -4.01. The van der Waals surface area contributed by atoms with Gasteiger partial charge in [-0.3, -0.25) is 24.1 Å². The zero-order chi connectivity index (χ0) is 21.1. The third-order valence-corrected chi connectivity index (χ3v) is 4.15. The summed E-state index contributed by atoms with van der Waals surface area (Å²) in [6.07, 6.45) is 1.96. The summed E-state index contributed by atoms with van der Waals surface area (Å²) in [6.45, 7) is 1.04. The normalized spacial score (nSPS) is 13.1. The molecule has 0 radical (unpaired) electrons. The van der Waals surface area contributed by atoms with Gasteiger partial charge in [-0.1, -0.05) is 12.1 Å². The van der Waals surface area contributed by atoms with Crippen molar-refractivity contribution >= 4 is 46.1 Å². The van der Waals surface area contributed by atoms with Crippen LogP contribution in [0.3, 0.4) is 0 Å². The van der Waals surface area contributed by atoms with Crippen LogP contribution in [0.1, 0.15) is 27.6 Å². The number of nitrogens with zero attached hydrogens (tertiary/aromatic N) is 1. The monoisotopic (exact) mass is 396 g/mol. The number of benzene rings is 2. The number of nitrogens with one attached hydrogen (secondary N) is 1. The van der Waals surface area contributed by atoms with Crippen LogP contribution >= 0.6 is 0 Å². The van der Waals surface area contributed by atoms with E-state index in [0.29, 0.717) is 15.7 Å². The summed E-state index contributed by atoms with van der Waals surface area (Å²) in [5.41, 5.74) is 0.559. The molecule has 0 unspecified atom stereocenters. The smallest absolute Gasteiger partial charge is 0.330 e. The van der Waals surface area contributed by atoms with Gasteiger partial charge in [0.1, 0.15) is 6.54 Å². The fourth-order valence-electron chi connectivity index (χ4n) is 3.03. The Morgan fingerprint density at radius 1 is 1.10 bits per heavy atom. The van der Waals surface area contributed by atoms with Crippen molar-refractivity contribution in [3.63, 3.8) is 0 Å². The number of esters is 1. The molecule has 1 aliphatic rings. The van der Waals surface area contributed by atoms with Gasteiger partial charge in [-0.05, 0) is 30.5 Å². The van der Waals surface area contributed by atoms with Crippen molar-refractivity contribution in [2.24, 2.45) is 0 Å². The minimum atomic E-state index is -1.32. The van der Waals surface area contributed by atoms with Crippen molar-refractivity contribution in [1.82, 2.24) is 4.90 Å². The lowest BCUT2D eigenvalue weighted by atomic mass is 9.93. The van der Waals surface area contributed by atoms with Crippen molar-refractivity contribution in [3.05, 3.63) is 53.6 Å². The van der Waals surface area contributed by atoms with Gasteiger partial charge >= 0.3 is 11.9 Å². The molecule has 1 heterocycles. The third-order valence-electron chi connectivity index (χ3n) is 4.15. The van der Waals surface area contributed by atoms with Gasteiger partial charge in [0, 0.05) is 28.8 Å². The van der Waals surface area contributed by atoms with E-state index >= 15 is 0 Å². The summed E-state index contributed by atoms with van der Waals surface area (Å²) < 4.78 is 4.69. The number of amides is 3. The minimum Gasteiger partial charge on any atom is -0.480 e. The Balaban J connectivity index is 1.97. The highest BCUT2D eigenvalue weighted by molar-refractivity contribution is 6.26. The molecule has 2 N–H and O–H groups in total. The highest BCUT2D eigenvalue weighted by Gasteiger charge is 2.34. The van der Waals surface area contributed by atoms with Crippen molar-refractivity contribution in [2.75, 3.05) is 18.5 Å². The first-order chi connectivity index (χ1) is 13.8. The van der Waals surface area contributed by atoms with E-state index in [1.54, 1.807) is 25.1 Å². The quantitative estimate of drug-likeness (QED) is 0.431. The highest BCUT2D eigenvalue weighted by Crippen LogP contribution is 2.32. The number of hydrogen-bond acceptors (Lipinski definition) is 6. The van der Waals surface area contributed by atoms with E-state index in [0.717, 1.165) is 12.2 Å². The van der Waals surface area contributed by atoms with Crippen LogP contribution in [0.4, 0.5) is 5.69 Å².